The minimum absolute atomic E-state index is 0.0890. The van der Waals surface area contributed by atoms with Gasteiger partial charge in [-0.25, -0.2) is 4.79 Å². The number of hydrogen-bond donors (Lipinski definition) is 0. The van der Waals surface area contributed by atoms with Crippen LogP contribution >= 0.6 is 11.8 Å². The highest BCUT2D eigenvalue weighted by Gasteiger charge is 2.05. The van der Waals surface area contributed by atoms with Crippen LogP contribution in [-0.2, 0) is 16.1 Å². The fourth-order valence-corrected chi connectivity index (χ4v) is 1.36. The molecule has 82 valence electrons. The molecule has 1 rings (SSSR count). The summed E-state index contributed by atoms with van der Waals surface area (Å²) in [5.74, 6) is -0.432. The van der Waals surface area contributed by atoms with Crippen LogP contribution in [-0.4, -0.2) is 28.4 Å². The van der Waals surface area contributed by atoms with Gasteiger partial charge in [0.05, 0.1) is 6.61 Å². The highest BCUT2D eigenvalue weighted by Crippen LogP contribution is 2.06. The van der Waals surface area contributed by atoms with Gasteiger partial charge in [0.2, 0.25) is 0 Å². The van der Waals surface area contributed by atoms with Crippen LogP contribution < -0.4 is 5.69 Å². The van der Waals surface area contributed by atoms with Crippen LogP contribution in [0.2, 0.25) is 0 Å². The Morgan fingerprint density at radius 3 is 2.93 bits per heavy atom. The lowest BCUT2D eigenvalue weighted by atomic mass is 10.6. The molecule has 0 radical (unpaired) electrons. The van der Waals surface area contributed by atoms with E-state index in [-0.39, 0.29) is 6.54 Å². The fraction of sp³-hybridized carbons (Fsp3) is 0.444. The van der Waals surface area contributed by atoms with Crippen molar-refractivity contribution >= 4 is 17.7 Å². The second kappa shape index (κ2) is 5.55. The van der Waals surface area contributed by atoms with Gasteiger partial charge in [0, 0.05) is 6.20 Å². The zero-order valence-electron chi connectivity index (χ0n) is 8.60. The molecule has 0 saturated heterocycles. The van der Waals surface area contributed by atoms with Gasteiger partial charge >= 0.3 is 11.7 Å². The average molecular weight is 228 g/mol. The van der Waals surface area contributed by atoms with E-state index in [2.05, 4.69) is 4.98 Å². The summed E-state index contributed by atoms with van der Waals surface area (Å²) in [7, 11) is 0. The van der Waals surface area contributed by atoms with E-state index in [1.165, 1.54) is 22.5 Å². The van der Waals surface area contributed by atoms with Crippen LogP contribution in [0.3, 0.4) is 0 Å². The Kier molecular flexibility index (Phi) is 4.36. The molecule has 0 atom stereocenters. The second-order valence-corrected chi connectivity index (χ2v) is 3.51. The SMILES string of the molecule is CCOC(=O)Cn1ccc(SC)nc1=O. The van der Waals surface area contributed by atoms with Crippen molar-refractivity contribution in [3.63, 3.8) is 0 Å². The minimum Gasteiger partial charge on any atom is -0.465 e. The molecule has 0 bridgehead atoms. The van der Waals surface area contributed by atoms with Crippen LogP contribution in [0.5, 0.6) is 0 Å². The molecular formula is C9H12N2O3S. The number of hydrogen-bond acceptors (Lipinski definition) is 5. The first-order chi connectivity index (χ1) is 7.17. The normalized spacial score (nSPS) is 10.0. The number of carbonyl (C=O) groups is 1. The molecule has 5 nitrogen and oxygen atoms in total. The van der Waals surface area contributed by atoms with Crippen molar-refractivity contribution in [1.29, 1.82) is 0 Å². The Bertz CT molecular complexity index is 403. The summed E-state index contributed by atoms with van der Waals surface area (Å²) in [6.45, 7) is 1.94. The lowest BCUT2D eigenvalue weighted by Crippen LogP contribution is -2.27. The molecule has 1 aromatic heterocycles. The quantitative estimate of drug-likeness (QED) is 0.427. The molecule has 15 heavy (non-hydrogen) atoms. The lowest BCUT2D eigenvalue weighted by Gasteiger charge is -2.04. The maximum atomic E-state index is 11.4. The Hall–Kier alpha value is -1.30. The van der Waals surface area contributed by atoms with Crippen LogP contribution in [0.4, 0.5) is 0 Å². The van der Waals surface area contributed by atoms with Gasteiger partial charge in [0.1, 0.15) is 11.6 Å². The summed E-state index contributed by atoms with van der Waals surface area (Å²) >= 11 is 1.38. The van der Waals surface area contributed by atoms with Gasteiger partial charge in [-0.1, -0.05) is 0 Å². The van der Waals surface area contributed by atoms with Crippen molar-refractivity contribution in [2.45, 2.75) is 18.5 Å². The Labute approximate surface area is 91.5 Å². The van der Waals surface area contributed by atoms with Crippen LogP contribution in [0, 0.1) is 0 Å². The highest BCUT2D eigenvalue weighted by molar-refractivity contribution is 7.98. The largest absolute Gasteiger partial charge is 0.465 e. The summed E-state index contributed by atoms with van der Waals surface area (Å²) in [4.78, 5) is 26.2. The molecule has 0 aromatic carbocycles. The van der Waals surface area contributed by atoms with Crippen LogP contribution in [0.1, 0.15) is 6.92 Å². The number of esters is 1. The molecule has 6 heteroatoms. The van der Waals surface area contributed by atoms with E-state index >= 15 is 0 Å². The molecule has 1 aromatic rings. The monoisotopic (exact) mass is 228 g/mol. The van der Waals surface area contributed by atoms with Crippen molar-refractivity contribution in [2.24, 2.45) is 0 Å². The van der Waals surface area contributed by atoms with E-state index < -0.39 is 11.7 Å². The Morgan fingerprint density at radius 1 is 1.67 bits per heavy atom. The molecule has 0 unspecified atom stereocenters. The topological polar surface area (TPSA) is 61.2 Å². The van der Waals surface area contributed by atoms with Crippen LogP contribution in [0.15, 0.2) is 22.1 Å². The number of carbonyl (C=O) groups excluding carboxylic acids is 1. The van der Waals surface area contributed by atoms with Gasteiger partial charge in [0.25, 0.3) is 0 Å². The van der Waals surface area contributed by atoms with Gasteiger partial charge < -0.3 is 4.74 Å². The summed E-state index contributed by atoms with van der Waals surface area (Å²) in [5, 5.41) is 0.639. The molecular weight excluding hydrogens is 216 g/mol. The molecule has 1 heterocycles. The molecule has 0 aliphatic heterocycles. The Morgan fingerprint density at radius 2 is 2.40 bits per heavy atom. The molecule has 0 aliphatic carbocycles. The molecule has 0 fully saturated rings. The second-order valence-electron chi connectivity index (χ2n) is 2.69. The maximum absolute atomic E-state index is 11.4. The number of ether oxygens (including phenoxy) is 1. The standard InChI is InChI=1S/C9H12N2O3S/c1-3-14-8(12)6-11-5-4-7(15-2)10-9(11)13/h4-5H,3,6H2,1-2H3. The van der Waals surface area contributed by atoms with Gasteiger partial charge in [-0.05, 0) is 19.2 Å². The van der Waals surface area contributed by atoms with Gasteiger partial charge in [-0.3, -0.25) is 9.36 Å². The van der Waals surface area contributed by atoms with E-state index in [0.717, 1.165) is 0 Å². The molecule has 0 spiro atoms. The minimum atomic E-state index is -0.435. The lowest BCUT2D eigenvalue weighted by molar-refractivity contribution is -0.143. The van der Waals surface area contributed by atoms with Crippen molar-refractivity contribution in [2.75, 3.05) is 12.9 Å². The highest BCUT2D eigenvalue weighted by atomic mass is 32.2. The van der Waals surface area contributed by atoms with Crippen molar-refractivity contribution < 1.29 is 9.53 Å². The number of aromatic nitrogens is 2. The third-order valence-corrected chi connectivity index (χ3v) is 2.31. The average Bonchev–Trinajstić information content (AvgIpc) is 2.21. The summed E-state index contributed by atoms with van der Waals surface area (Å²) in [6.07, 6.45) is 3.37. The van der Waals surface area contributed by atoms with E-state index in [9.17, 15) is 9.59 Å². The van der Waals surface area contributed by atoms with E-state index in [1.807, 2.05) is 6.26 Å². The van der Waals surface area contributed by atoms with Crippen molar-refractivity contribution in [1.82, 2.24) is 9.55 Å². The zero-order valence-corrected chi connectivity index (χ0v) is 9.41. The first-order valence-electron chi connectivity index (χ1n) is 4.44. The summed E-state index contributed by atoms with van der Waals surface area (Å²) in [5.41, 5.74) is -0.435. The molecule has 0 N–H and O–H groups in total. The van der Waals surface area contributed by atoms with Crippen LogP contribution in [0.25, 0.3) is 0 Å². The summed E-state index contributed by atoms with van der Waals surface area (Å²) < 4.78 is 5.95. The number of nitrogens with zero attached hydrogens (tertiary/aromatic N) is 2. The summed E-state index contributed by atoms with van der Waals surface area (Å²) in [6, 6.07) is 1.69. The first-order valence-corrected chi connectivity index (χ1v) is 5.67. The van der Waals surface area contributed by atoms with E-state index in [1.54, 1.807) is 13.0 Å². The molecule has 0 saturated carbocycles. The van der Waals surface area contributed by atoms with Gasteiger partial charge in [-0.15, -0.1) is 11.8 Å². The maximum Gasteiger partial charge on any atom is 0.349 e. The zero-order chi connectivity index (χ0) is 11.3. The van der Waals surface area contributed by atoms with E-state index in [0.29, 0.717) is 11.6 Å². The molecule has 0 amide bonds. The number of thioether (sulfide) groups is 1. The third kappa shape index (κ3) is 3.39. The Balaban J connectivity index is 2.78. The van der Waals surface area contributed by atoms with E-state index in [4.69, 9.17) is 4.74 Å². The molecule has 0 aliphatic rings. The fourth-order valence-electron chi connectivity index (χ4n) is 0.993. The first kappa shape index (κ1) is 11.8. The predicted molar refractivity (Wildman–Crippen MR) is 56.9 cm³/mol. The van der Waals surface area contributed by atoms with Crippen molar-refractivity contribution in [3.8, 4) is 0 Å². The predicted octanol–water partition coefficient (Wildman–Crippen LogP) is 0.528. The number of rotatable bonds is 4. The van der Waals surface area contributed by atoms with Gasteiger partial charge in [0.15, 0.2) is 0 Å². The smallest absolute Gasteiger partial charge is 0.349 e. The van der Waals surface area contributed by atoms with Crippen molar-refractivity contribution in [3.05, 3.63) is 22.7 Å². The van der Waals surface area contributed by atoms with Gasteiger partial charge in [-0.2, -0.15) is 4.98 Å². The third-order valence-electron chi connectivity index (χ3n) is 1.66.